The number of carbonyl (C=O) groups is 2. The highest BCUT2D eigenvalue weighted by Crippen LogP contribution is 2.24. The zero-order chi connectivity index (χ0) is 11.3. The quantitative estimate of drug-likeness (QED) is 0.725. The van der Waals surface area contributed by atoms with Gasteiger partial charge in [-0.05, 0) is 19.3 Å². The van der Waals surface area contributed by atoms with E-state index in [-0.39, 0.29) is 17.7 Å². The molecule has 15 heavy (non-hydrogen) atoms. The number of aliphatic carboxylic acids is 1. The Labute approximate surface area is 90.0 Å². The van der Waals surface area contributed by atoms with Crippen LogP contribution in [0.2, 0.25) is 0 Å². The lowest BCUT2D eigenvalue weighted by Crippen LogP contribution is -2.31. The first-order chi connectivity index (χ1) is 7.11. The van der Waals surface area contributed by atoms with Crippen molar-refractivity contribution in [2.45, 2.75) is 39.0 Å². The van der Waals surface area contributed by atoms with Crippen LogP contribution in [0.25, 0.3) is 0 Å². The molecule has 86 valence electrons. The van der Waals surface area contributed by atoms with Crippen LogP contribution in [0.3, 0.4) is 0 Å². The molecule has 0 aromatic rings. The van der Waals surface area contributed by atoms with E-state index >= 15 is 0 Å². The summed E-state index contributed by atoms with van der Waals surface area (Å²) in [7, 11) is 0. The average Bonchev–Trinajstić information content (AvgIpc) is 2.70. The average molecular weight is 213 g/mol. The van der Waals surface area contributed by atoms with Crippen LogP contribution in [0.15, 0.2) is 0 Å². The lowest BCUT2D eigenvalue weighted by molar-refractivity contribution is -0.141. The van der Waals surface area contributed by atoms with Gasteiger partial charge in [0, 0.05) is 12.5 Å². The first-order valence-corrected chi connectivity index (χ1v) is 5.61. The second-order valence-electron chi connectivity index (χ2n) is 4.30. The summed E-state index contributed by atoms with van der Waals surface area (Å²) in [6.07, 6.45) is 4.77. The topological polar surface area (TPSA) is 66.4 Å². The van der Waals surface area contributed by atoms with Crippen molar-refractivity contribution in [3.63, 3.8) is 0 Å². The molecule has 1 aliphatic rings. The lowest BCUT2D eigenvalue weighted by atomic mass is 10.1. The van der Waals surface area contributed by atoms with Crippen molar-refractivity contribution in [1.29, 1.82) is 0 Å². The van der Waals surface area contributed by atoms with E-state index in [9.17, 15) is 9.59 Å². The van der Waals surface area contributed by atoms with Crippen molar-refractivity contribution >= 4 is 11.9 Å². The minimum absolute atomic E-state index is 0.102. The third kappa shape index (κ3) is 3.90. The van der Waals surface area contributed by atoms with Crippen molar-refractivity contribution in [1.82, 2.24) is 5.32 Å². The molecule has 0 heterocycles. The fourth-order valence-corrected chi connectivity index (χ4v) is 1.87. The Bertz CT molecular complexity index is 234. The molecule has 0 aliphatic heterocycles. The van der Waals surface area contributed by atoms with Gasteiger partial charge in [-0.2, -0.15) is 0 Å². The molecule has 1 unspecified atom stereocenters. The second kappa shape index (κ2) is 5.73. The molecule has 0 spiro atoms. The summed E-state index contributed by atoms with van der Waals surface area (Å²) in [5, 5.41) is 11.5. The summed E-state index contributed by atoms with van der Waals surface area (Å²) in [5.74, 6) is -0.908. The van der Waals surface area contributed by atoms with E-state index in [1.807, 2.05) is 0 Å². The predicted molar refractivity (Wildman–Crippen MR) is 56.4 cm³/mol. The molecular weight excluding hydrogens is 194 g/mol. The van der Waals surface area contributed by atoms with Gasteiger partial charge in [0.25, 0.3) is 0 Å². The maximum absolute atomic E-state index is 11.5. The zero-order valence-corrected chi connectivity index (χ0v) is 9.16. The Morgan fingerprint density at radius 1 is 1.40 bits per heavy atom. The molecule has 2 N–H and O–H groups in total. The summed E-state index contributed by atoms with van der Waals surface area (Å²) in [6, 6.07) is 0. The van der Waals surface area contributed by atoms with Gasteiger partial charge in [-0.3, -0.25) is 9.59 Å². The van der Waals surface area contributed by atoms with Crippen LogP contribution in [-0.4, -0.2) is 23.5 Å². The largest absolute Gasteiger partial charge is 0.481 e. The fourth-order valence-electron chi connectivity index (χ4n) is 1.87. The van der Waals surface area contributed by atoms with Crippen LogP contribution in [0, 0.1) is 11.8 Å². The van der Waals surface area contributed by atoms with E-state index in [4.69, 9.17) is 5.11 Å². The van der Waals surface area contributed by atoms with Crippen LogP contribution >= 0.6 is 0 Å². The maximum Gasteiger partial charge on any atom is 0.306 e. The number of amides is 1. The fraction of sp³-hybridized carbons (Fsp3) is 0.818. The Balaban J connectivity index is 2.14. The summed E-state index contributed by atoms with van der Waals surface area (Å²) < 4.78 is 0. The van der Waals surface area contributed by atoms with Gasteiger partial charge >= 0.3 is 5.97 Å². The summed E-state index contributed by atoms with van der Waals surface area (Å²) >= 11 is 0. The minimum atomic E-state index is -0.801. The van der Waals surface area contributed by atoms with E-state index in [0.29, 0.717) is 13.0 Å². The van der Waals surface area contributed by atoms with Crippen molar-refractivity contribution in [3.05, 3.63) is 0 Å². The molecule has 1 aliphatic carbocycles. The van der Waals surface area contributed by atoms with E-state index in [1.165, 1.54) is 0 Å². The maximum atomic E-state index is 11.5. The second-order valence-corrected chi connectivity index (χ2v) is 4.30. The molecule has 1 amide bonds. The van der Waals surface area contributed by atoms with Crippen LogP contribution in [0.1, 0.15) is 39.0 Å². The number of hydrogen-bond donors (Lipinski definition) is 2. The van der Waals surface area contributed by atoms with Crippen molar-refractivity contribution in [3.8, 4) is 0 Å². The smallest absolute Gasteiger partial charge is 0.306 e. The van der Waals surface area contributed by atoms with Crippen LogP contribution in [0.5, 0.6) is 0 Å². The minimum Gasteiger partial charge on any atom is -0.481 e. The van der Waals surface area contributed by atoms with Crippen molar-refractivity contribution in [2.75, 3.05) is 6.54 Å². The molecular formula is C11H19NO3. The molecule has 1 rings (SSSR count). The van der Waals surface area contributed by atoms with Gasteiger partial charge in [-0.25, -0.2) is 0 Å². The Hall–Kier alpha value is -1.06. The molecule has 1 saturated carbocycles. The standard InChI is InChI=1S/C11H19NO3/c1-8(11(14)15)6-7-12-10(13)9-4-2-3-5-9/h8-9H,2-7H2,1H3,(H,12,13)(H,14,15). The SMILES string of the molecule is CC(CCNC(=O)C1CCCC1)C(=O)O. The Morgan fingerprint density at radius 2 is 2.00 bits per heavy atom. The van der Waals surface area contributed by atoms with Crippen LogP contribution in [0.4, 0.5) is 0 Å². The van der Waals surface area contributed by atoms with Gasteiger partial charge in [0.1, 0.15) is 0 Å². The molecule has 4 nitrogen and oxygen atoms in total. The predicted octanol–water partition coefficient (Wildman–Crippen LogP) is 1.40. The lowest BCUT2D eigenvalue weighted by Gasteiger charge is -2.11. The number of carbonyl (C=O) groups excluding carboxylic acids is 1. The van der Waals surface area contributed by atoms with E-state index in [0.717, 1.165) is 25.7 Å². The first-order valence-electron chi connectivity index (χ1n) is 5.61. The summed E-state index contributed by atoms with van der Waals surface area (Å²) in [6.45, 7) is 2.13. The molecule has 0 bridgehead atoms. The number of nitrogens with one attached hydrogen (secondary N) is 1. The third-order valence-electron chi connectivity index (χ3n) is 3.02. The summed E-state index contributed by atoms with van der Waals surface area (Å²) in [4.78, 5) is 22.1. The van der Waals surface area contributed by atoms with Gasteiger partial charge in [-0.15, -0.1) is 0 Å². The normalized spacial score (nSPS) is 18.7. The van der Waals surface area contributed by atoms with Gasteiger partial charge in [0.2, 0.25) is 5.91 Å². The van der Waals surface area contributed by atoms with Crippen molar-refractivity contribution in [2.24, 2.45) is 11.8 Å². The molecule has 4 heteroatoms. The monoisotopic (exact) mass is 213 g/mol. The van der Waals surface area contributed by atoms with Gasteiger partial charge < -0.3 is 10.4 Å². The summed E-state index contributed by atoms with van der Waals surface area (Å²) in [5.41, 5.74) is 0. The molecule has 0 aromatic heterocycles. The number of carboxylic acid groups (broad SMARTS) is 1. The Morgan fingerprint density at radius 3 is 2.53 bits per heavy atom. The van der Waals surface area contributed by atoms with E-state index in [2.05, 4.69) is 5.32 Å². The molecule has 1 fully saturated rings. The highest BCUT2D eigenvalue weighted by atomic mass is 16.4. The van der Waals surface area contributed by atoms with Gasteiger partial charge in [0.05, 0.1) is 5.92 Å². The van der Waals surface area contributed by atoms with Crippen molar-refractivity contribution < 1.29 is 14.7 Å². The Kier molecular flexibility index (Phi) is 4.59. The van der Waals surface area contributed by atoms with Crippen LogP contribution in [-0.2, 0) is 9.59 Å². The zero-order valence-electron chi connectivity index (χ0n) is 9.16. The first kappa shape index (κ1) is 12.0. The number of rotatable bonds is 5. The van der Waals surface area contributed by atoms with Gasteiger partial charge in [-0.1, -0.05) is 19.8 Å². The molecule has 0 radical (unpaired) electrons. The number of carboxylic acids is 1. The highest BCUT2D eigenvalue weighted by Gasteiger charge is 2.22. The van der Waals surface area contributed by atoms with Crippen LogP contribution < -0.4 is 5.32 Å². The molecule has 0 saturated heterocycles. The highest BCUT2D eigenvalue weighted by molar-refractivity contribution is 5.78. The van der Waals surface area contributed by atoms with E-state index in [1.54, 1.807) is 6.92 Å². The van der Waals surface area contributed by atoms with Gasteiger partial charge in [0.15, 0.2) is 0 Å². The number of hydrogen-bond acceptors (Lipinski definition) is 2. The molecule has 1 atom stereocenters. The third-order valence-corrected chi connectivity index (χ3v) is 3.02. The molecule has 0 aromatic carbocycles. The van der Waals surface area contributed by atoms with E-state index < -0.39 is 5.97 Å².